The lowest BCUT2D eigenvalue weighted by Gasteiger charge is -2.21. The van der Waals surface area contributed by atoms with Crippen molar-refractivity contribution in [2.24, 2.45) is 0 Å². The number of hydrogen-bond donors (Lipinski definition) is 2. The van der Waals surface area contributed by atoms with Gasteiger partial charge >= 0.3 is 11.9 Å². The molecule has 2 aromatic carbocycles. The molecule has 2 aromatic rings. The van der Waals surface area contributed by atoms with Gasteiger partial charge in [0.25, 0.3) is 0 Å². The molecule has 0 spiro atoms. The maximum Gasteiger partial charge on any atom is 0.338 e. The number of phenolic OH excluding ortho intramolecular Hbond substituents is 1. The van der Waals surface area contributed by atoms with Crippen LogP contribution in [0.5, 0.6) is 5.75 Å². The molecule has 0 fully saturated rings. The highest BCUT2D eigenvalue weighted by Crippen LogP contribution is 2.44. The fourth-order valence-corrected chi connectivity index (χ4v) is 5.86. The van der Waals surface area contributed by atoms with Crippen LogP contribution in [0.1, 0.15) is 58.4 Å². The summed E-state index contributed by atoms with van der Waals surface area (Å²) in [4.78, 5) is 52.2. The standard InChI is InChI=1S/C38H45ClN2O10/c1-41(17-14-34(44)40-16-19-50-21-20-49-18-7-5-4-6-15-39)24-31-32(43)13-12-29-35(28-11-9-26(42)23-33(28)51-36(29)31)27-10-8-25(37(45)47-2)22-30(27)38(46)48-3/h8-13,22-23,43H,4-7,14-21,24H2,1-3H3,(H,40,44). The minimum atomic E-state index is -0.684. The fourth-order valence-electron chi connectivity index (χ4n) is 5.67. The lowest BCUT2D eigenvalue weighted by molar-refractivity contribution is -0.121. The fraction of sp³-hybridized carbons (Fsp3) is 0.421. The number of ether oxygens (including phenoxy) is 4. The number of fused-ring (bicyclic) bond motifs is 2. The molecule has 13 heteroatoms. The van der Waals surface area contributed by atoms with E-state index in [1.54, 1.807) is 18.2 Å². The van der Waals surface area contributed by atoms with Crippen molar-refractivity contribution in [2.75, 3.05) is 66.7 Å². The van der Waals surface area contributed by atoms with Crippen LogP contribution in [0.2, 0.25) is 0 Å². The number of aromatic hydroxyl groups is 1. The van der Waals surface area contributed by atoms with E-state index in [-0.39, 0.29) is 46.9 Å². The third-order valence-corrected chi connectivity index (χ3v) is 8.58. The number of nitrogens with zero attached hydrogens (tertiary/aromatic N) is 1. The van der Waals surface area contributed by atoms with E-state index in [1.807, 2.05) is 11.9 Å². The molecule has 0 radical (unpaired) electrons. The van der Waals surface area contributed by atoms with E-state index in [0.29, 0.717) is 78.6 Å². The maximum atomic E-state index is 13.0. The van der Waals surface area contributed by atoms with Gasteiger partial charge in [-0.05, 0) is 61.9 Å². The smallest absolute Gasteiger partial charge is 0.338 e. The highest BCUT2D eigenvalue weighted by molar-refractivity contribution is 6.17. The van der Waals surface area contributed by atoms with E-state index in [9.17, 15) is 24.3 Å². The summed E-state index contributed by atoms with van der Waals surface area (Å²) in [5.74, 6) is -0.575. The molecule has 1 heterocycles. The van der Waals surface area contributed by atoms with Gasteiger partial charge in [0.05, 0.1) is 50.7 Å². The molecule has 1 amide bonds. The molecule has 0 unspecified atom stereocenters. The Kier molecular flexibility index (Phi) is 15.2. The first-order valence-corrected chi connectivity index (χ1v) is 17.4. The van der Waals surface area contributed by atoms with Crippen LogP contribution in [0.15, 0.2) is 57.7 Å². The van der Waals surface area contributed by atoms with E-state index < -0.39 is 11.9 Å². The molecule has 2 N–H and O–H groups in total. The highest BCUT2D eigenvalue weighted by atomic mass is 35.5. The zero-order valence-corrected chi connectivity index (χ0v) is 30.0. The van der Waals surface area contributed by atoms with Crippen molar-refractivity contribution in [2.45, 2.75) is 38.6 Å². The van der Waals surface area contributed by atoms with E-state index in [1.165, 1.54) is 44.6 Å². The topological polar surface area (TPSA) is 154 Å². The Morgan fingerprint density at radius 1 is 0.863 bits per heavy atom. The first-order chi connectivity index (χ1) is 24.7. The Bertz CT molecular complexity index is 1820. The number of unbranched alkanes of at least 4 members (excludes halogenated alkanes) is 3. The van der Waals surface area contributed by atoms with Crippen molar-refractivity contribution < 1.29 is 42.9 Å². The first-order valence-electron chi connectivity index (χ1n) is 16.9. The second-order valence-electron chi connectivity index (χ2n) is 12.0. The molecule has 0 atom stereocenters. The van der Waals surface area contributed by atoms with Gasteiger partial charge in [-0.3, -0.25) is 9.59 Å². The summed E-state index contributed by atoms with van der Waals surface area (Å²) in [5.41, 5.74) is 2.17. The van der Waals surface area contributed by atoms with Crippen LogP contribution in [0.4, 0.5) is 0 Å². The Morgan fingerprint density at radius 2 is 1.59 bits per heavy atom. The number of benzene rings is 3. The number of methoxy groups -OCH3 is 2. The zero-order valence-electron chi connectivity index (χ0n) is 29.3. The lowest BCUT2D eigenvalue weighted by Crippen LogP contribution is -2.31. The Balaban J connectivity index is 1.46. The van der Waals surface area contributed by atoms with E-state index >= 15 is 0 Å². The van der Waals surface area contributed by atoms with Gasteiger partial charge in [0.1, 0.15) is 17.1 Å². The summed E-state index contributed by atoms with van der Waals surface area (Å²) in [6.45, 7) is 2.96. The molecule has 0 aromatic heterocycles. The Morgan fingerprint density at radius 3 is 2.33 bits per heavy atom. The minimum Gasteiger partial charge on any atom is -0.507 e. The molecule has 274 valence electrons. The summed E-state index contributed by atoms with van der Waals surface area (Å²) < 4.78 is 27.3. The van der Waals surface area contributed by atoms with Crippen molar-refractivity contribution in [1.82, 2.24) is 10.2 Å². The third-order valence-electron chi connectivity index (χ3n) is 8.32. The second kappa shape index (κ2) is 19.8. The molecule has 1 aliphatic heterocycles. The minimum absolute atomic E-state index is 0.0483. The normalized spacial score (nSPS) is 11.3. The summed E-state index contributed by atoms with van der Waals surface area (Å²) >= 11 is 5.68. The van der Waals surface area contributed by atoms with Gasteiger partial charge in [0.2, 0.25) is 5.91 Å². The second-order valence-corrected chi connectivity index (χ2v) is 12.4. The van der Waals surface area contributed by atoms with Gasteiger partial charge in [0.15, 0.2) is 5.43 Å². The number of esters is 2. The average Bonchev–Trinajstić information content (AvgIpc) is 3.13. The molecule has 51 heavy (non-hydrogen) atoms. The first kappa shape index (κ1) is 39.3. The average molecular weight is 725 g/mol. The monoisotopic (exact) mass is 724 g/mol. The van der Waals surface area contributed by atoms with Crippen LogP contribution in [0.25, 0.3) is 33.4 Å². The molecule has 4 rings (SSSR count). The summed E-state index contributed by atoms with van der Waals surface area (Å²) in [5, 5.41) is 14.4. The van der Waals surface area contributed by atoms with Gasteiger partial charge in [-0.2, -0.15) is 0 Å². The van der Waals surface area contributed by atoms with Crippen LogP contribution < -0.4 is 10.7 Å². The molecule has 0 saturated heterocycles. The predicted octanol–water partition coefficient (Wildman–Crippen LogP) is 5.61. The van der Waals surface area contributed by atoms with E-state index in [2.05, 4.69) is 5.32 Å². The van der Waals surface area contributed by atoms with Crippen molar-refractivity contribution in [3.05, 3.63) is 75.4 Å². The quantitative estimate of drug-likeness (QED) is 0.0506. The van der Waals surface area contributed by atoms with Crippen LogP contribution in [0, 0.1) is 0 Å². The number of carbonyl (C=O) groups excluding carboxylic acids is 3. The van der Waals surface area contributed by atoms with Gasteiger partial charge in [0, 0.05) is 61.1 Å². The highest BCUT2D eigenvalue weighted by Gasteiger charge is 2.26. The van der Waals surface area contributed by atoms with Crippen LogP contribution in [-0.2, 0) is 30.3 Å². The predicted molar refractivity (Wildman–Crippen MR) is 194 cm³/mol. The molecule has 0 saturated carbocycles. The van der Waals surface area contributed by atoms with Crippen LogP contribution in [0.3, 0.4) is 0 Å². The van der Waals surface area contributed by atoms with Crippen molar-refractivity contribution >= 4 is 40.4 Å². The molecular weight excluding hydrogens is 680 g/mol. The van der Waals surface area contributed by atoms with Crippen molar-refractivity contribution in [3.63, 3.8) is 0 Å². The third kappa shape index (κ3) is 10.8. The van der Waals surface area contributed by atoms with Gasteiger partial charge in [-0.15, -0.1) is 11.6 Å². The lowest BCUT2D eigenvalue weighted by atomic mass is 9.89. The number of carbonyl (C=O) groups is 3. The van der Waals surface area contributed by atoms with Gasteiger partial charge in [-0.25, -0.2) is 9.59 Å². The number of hydrogen-bond acceptors (Lipinski definition) is 11. The zero-order chi connectivity index (χ0) is 36.8. The summed E-state index contributed by atoms with van der Waals surface area (Å²) in [6.07, 6.45) is 4.45. The van der Waals surface area contributed by atoms with Crippen LogP contribution in [-0.4, -0.2) is 94.5 Å². The number of alkyl halides is 1. The number of amides is 1. The van der Waals surface area contributed by atoms with Gasteiger partial charge < -0.3 is 38.7 Å². The Hall–Kier alpha value is -4.49. The molecule has 1 aliphatic carbocycles. The molecule has 2 aliphatic rings. The number of rotatable bonds is 20. The maximum absolute atomic E-state index is 13.0. The molecule has 0 bridgehead atoms. The Labute approximate surface area is 301 Å². The van der Waals surface area contributed by atoms with E-state index in [0.717, 1.165) is 25.7 Å². The van der Waals surface area contributed by atoms with Gasteiger partial charge in [-0.1, -0.05) is 18.9 Å². The number of nitrogens with one attached hydrogen (secondary N) is 1. The largest absolute Gasteiger partial charge is 0.507 e. The SMILES string of the molecule is COC(=O)c1ccc(-c2c3ccc(=O)cc-3oc3c(CN(C)CCC(=O)NCCOCCOCCCCCCCl)c(O)ccc23)c(C(=O)OC)c1. The molecular formula is C38H45ClN2O10. The summed E-state index contributed by atoms with van der Waals surface area (Å²) in [6, 6.07) is 12.1. The molecule has 12 nitrogen and oxygen atoms in total. The van der Waals surface area contributed by atoms with Crippen molar-refractivity contribution in [3.8, 4) is 28.2 Å². The summed E-state index contributed by atoms with van der Waals surface area (Å²) in [7, 11) is 4.29. The van der Waals surface area contributed by atoms with Crippen molar-refractivity contribution in [1.29, 1.82) is 0 Å². The number of halogens is 1. The van der Waals surface area contributed by atoms with Crippen LogP contribution >= 0.6 is 11.6 Å². The van der Waals surface area contributed by atoms with E-state index in [4.69, 9.17) is 35.0 Å². The number of phenols is 1.